The number of nitrogens with zero attached hydrogens (tertiary/aromatic N) is 2. The van der Waals surface area contributed by atoms with Crippen LogP contribution >= 0.6 is 0 Å². The van der Waals surface area contributed by atoms with Crippen molar-refractivity contribution in [2.75, 3.05) is 13.7 Å². The first-order chi connectivity index (χ1) is 7.33. The van der Waals surface area contributed by atoms with Crippen LogP contribution in [0.2, 0.25) is 0 Å². The predicted molar refractivity (Wildman–Crippen MR) is 60.9 cm³/mol. The van der Waals surface area contributed by atoms with Crippen LogP contribution in [0.15, 0.2) is 24.3 Å². The highest BCUT2D eigenvalue weighted by Gasteiger charge is 2.06. The van der Waals surface area contributed by atoms with Crippen LogP contribution < -0.4 is 0 Å². The summed E-state index contributed by atoms with van der Waals surface area (Å²) in [5.74, 6) is 0. The van der Waals surface area contributed by atoms with Gasteiger partial charge in [-0.2, -0.15) is 5.10 Å². The van der Waals surface area contributed by atoms with Crippen LogP contribution in [-0.2, 0) is 18.2 Å². The molecule has 3 heteroatoms. The van der Waals surface area contributed by atoms with Crippen molar-refractivity contribution in [3.8, 4) is 0 Å². The summed E-state index contributed by atoms with van der Waals surface area (Å²) in [4.78, 5) is 0. The second-order valence-corrected chi connectivity index (χ2v) is 3.68. The molecule has 0 aliphatic rings. The van der Waals surface area contributed by atoms with Gasteiger partial charge in [0.25, 0.3) is 0 Å². The van der Waals surface area contributed by atoms with Crippen LogP contribution in [0.3, 0.4) is 0 Å². The van der Waals surface area contributed by atoms with Gasteiger partial charge in [-0.25, -0.2) is 0 Å². The monoisotopic (exact) mass is 204 g/mol. The SMILES string of the molecule is COCCCc1nn(C)c2ccccc12. The topological polar surface area (TPSA) is 27.1 Å². The van der Waals surface area contributed by atoms with Crippen LogP contribution in [0.5, 0.6) is 0 Å². The molecule has 0 amide bonds. The highest BCUT2D eigenvalue weighted by atomic mass is 16.5. The molecule has 1 heterocycles. The minimum Gasteiger partial charge on any atom is -0.385 e. The number of methoxy groups -OCH3 is 1. The third-order valence-electron chi connectivity index (χ3n) is 2.60. The van der Waals surface area contributed by atoms with Gasteiger partial charge in [-0.1, -0.05) is 18.2 Å². The highest BCUT2D eigenvalue weighted by Crippen LogP contribution is 2.18. The average molecular weight is 204 g/mol. The van der Waals surface area contributed by atoms with Gasteiger partial charge in [0.15, 0.2) is 0 Å². The zero-order valence-electron chi connectivity index (χ0n) is 9.23. The average Bonchev–Trinajstić information content (AvgIpc) is 2.58. The normalized spacial score (nSPS) is 11.1. The van der Waals surface area contributed by atoms with Crippen molar-refractivity contribution in [1.82, 2.24) is 9.78 Å². The van der Waals surface area contributed by atoms with Crippen LogP contribution in [0, 0.1) is 0 Å². The number of ether oxygens (including phenoxy) is 1. The number of para-hydroxylation sites is 1. The number of aryl methyl sites for hydroxylation is 2. The van der Waals surface area contributed by atoms with Crippen molar-refractivity contribution < 1.29 is 4.74 Å². The number of benzene rings is 1. The van der Waals surface area contributed by atoms with E-state index in [1.165, 1.54) is 16.6 Å². The van der Waals surface area contributed by atoms with E-state index in [-0.39, 0.29) is 0 Å². The molecule has 80 valence electrons. The van der Waals surface area contributed by atoms with E-state index in [2.05, 4.69) is 23.3 Å². The molecular weight excluding hydrogens is 188 g/mol. The van der Waals surface area contributed by atoms with E-state index in [9.17, 15) is 0 Å². The molecular formula is C12H16N2O. The van der Waals surface area contributed by atoms with E-state index in [4.69, 9.17) is 4.74 Å². The van der Waals surface area contributed by atoms with Gasteiger partial charge < -0.3 is 4.74 Å². The molecule has 0 aliphatic heterocycles. The minimum atomic E-state index is 0.797. The van der Waals surface area contributed by atoms with Gasteiger partial charge in [0.05, 0.1) is 11.2 Å². The summed E-state index contributed by atoms with van der Waals surface area (Å²) >= 11 is 0. The largest absolute Gasteiger partial charge is 0.385 e. The molecule has 1 aromatic carbocycles. The lowest BCUT2D eigenvalue weighted by atomic mass is 10.1. The summed E-state index contributed by atoms with van der Waals surface area (Å²) in [6.07, 6.45) is 2.01. The fourth-order valence-electron chi connectivity index (χ4n) is 1.86. The molecule has 0 unspecified atom stereocenters. The number of aromatic nitrogens is 2. The van der Waals surface area contributed by atoms with Crippen LogP contribution in [0.25, 0.3) is 10.9 Å². The van der Waals surface area contributed by atoms with Gasteiger partial charge >= 0.3 is 0 Å². The molecule has 2 rings (SSSR count). The fourth-order valence-corrected chi connectivity index (χ4v) is 1.86. The highest BCUT2D eigenvalue weighted by molar-refractivity contribution is 5.81. The molecule has 0 fully saturated rings. The second-order valence-electron chi connectivity index (χ2n) is 3.68. The van der Waals surface area contributed by atoms with Crippen LogP contribution in [0.4, 0.5) is 0 Å². The van der Waals surface area contributed by atoms with Gasteiger partial charge in [0, 0.05) is 26.2 Å². The third kappa shape index (κ3) is 2.02. The maximum Gasteiger partial charge on any atom is 0.0704 e. The van der Waals surface area contributed by atoms with E-state index in [0.717, 1.165) is 19.4 Å². The molecule has 15 heavy (non-hydrogen) atoms. The molecule has 2 aromatic rings. The van der Waals surface area contributed by atoms with Crippen LogP contribution in [-0.4, -0.2) is 23.5 Å². The first kappa shape index (κ1) is 10.2. The van der Waals surface area contributed by atoms with E-state index in [1.807, 2.05) is 17.8 Å². The van der Waals surface area contributed by atoms with Crippen molar-refractivity contribution in [1.29, 1.82) is 0 Å². The maximum absolute atomic E-state index is 5.05. The zero-order chi connectivity index (χ0) is 10.7. The van der Waals surface area contributed by atoms with E-state index in [1.54, 1.807) is 7.11 Å². The Morgan fingerprint density at radius 1 is 1.33 bits per heavy atom. The van der Waals surface area contributed by atoms with Crippen molar-refractivity contribution in [2.45, 2.75) is 12.8 Å². The Kier molecular flexibility index (Phi) is 3.02. The van der Waals surface area contributed by atoms with Crippen LogP contribution in [0.1, 0.15) is 12.1 Å². The summed E-state index contributed by atoms with van der Waals surface area (Å²) in [7, 11) is 3.72. The lowest BCUT2D eigenvalue weighted by Gasteiger charge is -1.96. The Bertz CT molecular complexity index is 448. The van der Waals surface area contributed by atoms with E-state index < -0.39 is 0 Å². The first-order valence-corrected chi connectivity index (χ1v) is 5.22. The Hall–Kier alpha value is -1.35. The fraction of sp³-hybridized carbons (Fsp3) is 0.417. The smallest absolute Gasteiger partial charge is 0.0704 e. The summed E-state index contributed by atoms with van der Waals surface area (Å²) in [5, 5.41) is 5.78. The van der Waals surface area contributed by atoms with Crippen molar-refractivity contribution in [3.63, 3.8) is 0 Å². The molecule has 0 saturated carbocycles. The van der Waals surface area contributed by atoms with Crippen molar-refractivity contribution in [3.05, 3.63) is 30.0 Å². The summed E-state index contributed by atoms with van der Waals surface area (Å²) < 4.78 is 6.99. The Morgan fingerprint density at radius 3 is 2.93 bits per heavy atom. The lowest BCUT2D eigenvalue weighted by molar-refractivity contribution is 0.195. The van der Waals surface area contributed by atoms with Gasteiger partial charge in [-0.3, -0.25) is 4.68 Å². The zero-order valence-corrected chi connectivity index (χ0v) is 9.23. The van der Waals surface area contributed by atoms with Gasteiger partial charge in [-0.15, -0.1) is 0 Å². The molecule has 0 radical (unpaired) electrons. The van der Waals surface area contributed by atoms with Crippen molar-refractivity contribution in [2.24, 2.45) is 7.05 Å². The standard InChI is InChI=1S/C12H16N2O/c1-14-12-8-4-3-6-10(12)11(13-14)7-5-9-15-2/h3-4,6,8H,5,7,9H2,1-2H3. The molecule has 0 bridgehead atoms. The minimum absolute atomic E-state index is 0.797. The third-order valence-corrected chi connectivity index (χ3v) is 2.60. The summed E-state index contributed by atoms with van der Waals surface area (Å²) in [6, 6.07) is 8.33. The molecule has 0 aliphatic carbocycles. The number of rotatable bonds is 4. The molecule has 0 atom stereocenters. The van der Waals surface area contributed by atoms with Gasteiger partial charge in [0.2, 0.25) is 0 Å². The van der Waals surface area contributed by atoms with E-state index in [0.29, 0.717) is 0 Å². The second kappa shape index (κ2) is 4.45. The number of hydrogen-bond acceptors (Lipinski definition) is 2. The lowest BCUT2D eigenvalue weighted by Crippen LogP contribution is -1.95. The Labute approximate surface area is 89.7 Å². The van der Waals surface area contributed by atoms with Gasteiger partial charge in [0.1, 0.15) is 0 Å². The Morgan fingerprint density at radius 2 is 2.13 bits per heavy atom. The Balaban J connectivity index is 2.27. The number of fused-ring (bicyclic) bond motifs is 1. The molecule has 0 N–H and O–H groups in total. The maximum atomic E-state index is 5.05. The van der Waals surface area contributed by atoms with E-state index >= 15 is 0 Å². The number of hydrogen-bond donors (Lipinski definition) is 0. The molecule has 1 aromatic heterocycles. The molecule has 3 nitrogen and oxygen atoms in total. The van der Waals surface area contributed by atoms with Gasteiger partial charge in [-0.05, 0) is 18.9 Å². The van der Waals surface area contributed by atoms with Crippen molar-refractivity contribution >= 4 is 10.9 Å². The predicted octanol–water partition coefficient (Wildman–Crippen LogP) is 2.15. The summed E-state index contributed by atoms with van der Waals surface area (Å²) in [5.41, 5.74) is 2.37. The first-order valence-electron chi connectivity index (χ1n) is 5.22. The summed E-state index contributed by atoms with van der Waals surface area (Å²) in [6.45, 7) is 0.797. The quantitative estimate of drug-likeness (QED) is 0.713. The molecule has 0 spiro atoms. The molecule has 0 saturated heterocycles.